The molecular weight excluding hydrogens is 200 g/mol. The Morgan fingerprint density at radius 3 is 2.27 bits per heavy atom. The second-order valence-corrected chi connectivity index (χ2v) is 3.43. The summed E-state index contributed by atoms with van der Waals surface area (Å²) in [6.07, 6.45) is 0.884. The van der Waals surface area contributed by atoms with Crippen molar-refractivity contribution in [1.82, 2.24) is 0 Å². The van der Waals surface area contributed by atoms with Crippen molar-refractivity contribution in [2.45, 2.75) is 26.3 Å². The SMILES string of the molecule is CCC(C)Nc1cc(F)c(OC)c(F)c1. The first-order valence-electron chi connectivity index (χ1n) is 4.88. The number of hydrogen-bond donors (Lipinski definition) is 1. The Morgan fingerprint density at radius 1 is 1.33 bits per heavy atom. The number of anilines is 1. The first kappa shape index (κ1) is 11.8. The molecule has 1 rings (SSSR count). The quantitative estimate of drug-likeness (QED) is 0.832. The number of halogens is 2. The number of ether oxygens (including phenoxy) is 1. The molecule has 1 atom stereocenters. The molecule has 1 unspecified atom stereocenters. The summed E-state index contributed by atoms with van der Waals surface area (Å²) in [5.74, 6) is -1.73. The van der Waals surface area contributed by atoms with Gasteiger partial charge in [0.25, 0.3) is 0 Å². The number of rotatable bonds is 4. The number of nitrogens with one attached hydrogen (secondary N) is 1. The second kappa shape index (κ2) is 4.96. The fraction of sp³-hybridized carbons (Fsp3) is 0.455. The van der Waals surface area contributed by atoms with Gasteiger partial charge >= 0.3 is 0 Å². The van der Waals surface area contributed by atoms with Gasteiger partial charge in [-0.2, -0.15) is 0 Å². The van der Waals surface area contributed by atoms with Crippen molar-refractivity contribution in [3.8, 4) is 5.75 Å². The molecule has 1 N–H and O–H groups in total. The molecule has 0 radical (unpaired) electrons. The molecule has 15 heavy (non-hydrogen) atoms. The van der Waals surface area contributed by atoms with Gasteiger partial charge in [-0.25, -0.2) is 8.78 Å². The van der Waals surface area contributed by atoms with Gasteiger partial charge in [0.15, 0.2) is 17.4 Å². The van der Waals surface area contributed by atoms with Crippen LogP contribution in [0, 0.1) is 11.6 Å². The molecule has 0 aliphatic carbocycles. The maximum atomic E-state index is 13.3. The topological polar surface area (TPSA) is 21.3 Å². The van der Waals surface area contributed by atoms with Gasteiger partial charge in [0.1, 0.15) is 0 Å². The summed E-state index contributed by atoms with van der Waals surface area (Å²) < 4.78 is 31.1. The fourth-order valence-electron chi connectivity index (χ4n) is 1.22. The van der Waals surface area contributed by atoms with Crippen LogP contribution in [0.5, 0.6) is 5.75 Å². The van der Waals surface area contributed by atoms with Crippen molar-refractivity contribution in [2.75, 3.05) is 12.4 Å². The summed E-state index contributed by atoms with van der Waals surface area (Å²) in [7, 11) is 1.24. The molecule has 0 aromatic heterocycles. The predicted molar refractivity (Wildman–Crippen MR) is 56.3 cm³/mol. The van der Waals surface area contributed by atoms with Gasteiger partial charge in [-0.15, -0.1) is 0 Å². The Labute approximate surface area is 88.3 Å². The lowest BCUT2D eigenvalue weighted by atomic mass is 10.2. The highest BCUT2D eigenvalue weighted by molar-refractivity contribution is 5.48. The summed E-state index contributed by atoms with van der Waals surface area (Å²) in [6, 6.07) is 2.64. The zero-order chi connectivity index (χ0) is 11.4. The smallest absolute Gasteiger partial charge is 0.190 e. The molecule has 4 heteroatoms. The van der Waals surface area contributed by atoms with Crippen molar-refractivity contribution in [3.63, 3.8) is 0 Å². The normalized spacial score (nSPS) is 12.3. The van der Waals surface area contributed by atoms with E-state index in [0.717, 1.165) is 6.42 Å². The van der Waals surface area contributed by atoms with Gasteiger partial charge < -0.3 is 10.1 Å². The van der Waals surface area contributed by atoms with Gasteiger partial charge in [0.2, 0.25) is 0 Å². The van der Waals surface area contributed by atoms with E-state index in [9.17, 15) is 8.78 Å². The van der Waals surface area contributed by atoms with Gasteiger partial charge in [-0.1, -0.05) is 6.92 Å². The van der Waals surface area contributed by atoms with Crippen LogP contribution in [0.3, 0.4) is 0 Å². The van der Waals surface area contributed by atoms with E-state index in [4.69, 9.17) is 0 Å². The lowest BCUT2D eigenvalue weighted by Gasteiger charge is -2.14. The standard InChI is InChI=1S/C11H15F2NO/c1-4-7(2)14-8-5-9(12)11(15-3)10(13)6-8/h5-7,14H,4H2,1-3H3. The minimum absolute atomic E-state index is 0.178. The maximum Gasteiger partial charge on any atom is 0.190 e. The highest BCUT2D eigenvalue weighted by Gasteiger charge is 2.11. The highest BCUT2D eigenvalue weighted by atomic mass is 19.1. The molecule has 2 nitrogen and oxygen atoms in total. The zero-order valence-corrected chi connectivity index (χ0v) is 9.10. The Hall–Kier alpha value is -1.32. The summed E-state index contributed by atoms with van der Waals surface area (Å²) in [5.41, 5.74) is 0.431. The molecule has 0 aliphatic heterocycles. The van der Waals surface area contributed by atoms with Crippen molar-refractivity contribution < 1.29 is 13.5 Å². The molecule has 0 fully saturated rings. The van der Waals surface area contributed by atoms with E-state index >= 15 is 0 Å². The first-order chi connectivity index (χ1) is 7.08. The van der Waals surface area contributed by atoms with Crippen molar-refractivity contribution >= 4 is 5.69 Å². The second-order valence-electron chi connectivity index (χ2n) is 3.43. The van der Waals surface area contributed by atoms with Crippen molar-refractivity contribution in [2.24, 2.45) is 0 Å². The largest absolute Gasteiger partial charge is 0.491 e. The Balaban J connectivity index is 2.93. The van der Waals surface area contributed by atoms with Gasteiger partial charge in [-0.3, -0.25) is 0 Å². The Kier molecular flexibility index (Phi) is 3.88. The molecule has 1 aromatic rings. The van der Waals surface area contributed by atoms with E-state index in [0.29, 0.717) is 5.69 Å². The van der Waals surface area contributed by atoms with Crippen LogP contribution >= 0.6 is 0 Å². The van der Waals surface area contributed by atoms with Crippen LogP contribution in [0.15, 0.2) is 12.1 Å². The molecule has 0 heterocycles. The van der Waals surface area contributed by atoms with E-state index in [1.54, 1.807) is 0 Å². The third-order valence-electron chi connectivity index (χ3n) is 2.23. The summed E-state index contributed by atoms with van der Waals surface area (Å²) in [5, 5.41) is 2.99. The molecular formula is C11H15F2NO. The minimum Gasteiger partial charge on any atom is -0.491 e. The molecule has 0 amide bonds. The van der Waals surface area contributed by atoms with Crippen LogP contribution in [0.2, 0.25) is 0 Å². The van der Waals surface area contributed by atoms with E-state index in [2.05, 4.69) is 10.1 Å². The monoisotopic (exact) mass is 215 g/mol. The van der Waals surface area contributed by atoms with Crippen LogP contribution in [0.1, 0.15) is 20.3 Å². The lowest BCUT2D eigenvalue weighted by molar-refractivity contribution is 0.360. The number of hydrogen-bond acceptors (Lipinski definition) is 2. The Morgan fingerprint density at radius 2 is 1.87 bits per heavy atom. The molecule has 1 aromatic carbocycles. The molecule has 0 saturated carbocycles. The average Bonchev–Trinajstić information content (AvgIpc) is 2.17. The van der Waals surface area contributed by atoms with E-state index in [1.165, 1.54) is 19.2 Å². The van der Waals surface area contributed by atoms with Crippen LogP contribution in [-0.2, 0) is 0 Å². The summed E-state index contributed by atoms with van der Waals surface area (Å²) >= 11 is 0. The van der Waals surface area contributed by atoms with E-state index in [-0.39, 0.29) is 11.8 Å². The van der Waals surface area contributed by atoms with Crippen LogP contribution in [-0.4, -0.2) is 13.2 Å². The molecule has 0 aliphatic rings. The third kappa shape index (κ3) is 2.81. The lowest BCUT2D eigenvalue weighted by Crippen LogP contribution is -2.13. The highest BCUT2D eigenvalue weighted by Crippen LogP contribution is 2.25. The average molecular weight is 215 g/mol. The number of methoxy groups -OCH3 is 1. The van der Waals surface area contributed by atoms with Crippen molar-refractivity contribution in [1.29, 1.82) is 0 Å². The van der Waals surface area contributed by atoms with Crippen LogP contribution in [0.4, 0.5) is 14.5 Å². The van der Waals surface area contributed by atoms with Gasteiger partial charge in [0, 0.05) is 23.9 Å². The summed E-state index contributed by atoms with van der Waals surface area (Å²) in [6.45, 7) is 3.94. The predicted octanol–water partition coefficient (Wildman–Crippen LogP) is 3.18. The molecule has 0 spiro atoms. The number of benzene rings is 1. The van der Waals surface area contributed by atoms with Gasteiger partial charge in [-0.05, 0) is 13.3 Å². The van der Waals surface area contributed by atoms with Crippen LogP contribution in [0.25, 0.3) is 0 Å². The Bertz CT molecular complexity index is 318. The van der Waals surface area contributed by atoms with E-state index < -0.39 is 11.6 Å². The minimum atomic E-state index is -0.691. The first-order valence-corrected chi connectivity index (χ1v) is 4.88. The van der Waals surface area contributed by atoms with Crippen LogP contribution < -0.4 is 10.1 Å². The van der Waals surface area contributed by atoms with E-state index in [1.807, 2.05) is 13.8 Å². The third-order valence-corrected chi connectivity index (χ3v) is 2.23. The van der Waals surface area contributed by atoms with Gasteiger partial charge in [0.05, 0.1) is 7.11 Å². The molecule has 84 valence electrons. The fourth-order valence-corrected chi connectivity index (χ4v) is 1.22. The summed E-state index contributed by atoms with van der Waals surface area (Å²) in [4.78, 5) is 0. The molecule has 0 saturated heterocycles. The maximum absolute atomic E-state index is 13.3. The van der Waals surface area contributed by atoms with Crippen molar-refractivity contribution in [3.05, 3.63) is 23.8 Å². The zero-order valence-electron chi connectivity index (χ0n) is 9.10. The molecule has 0 bridgehead atoms.